The molecule has 0 aliphatic heterocycles. The Labute approximate surface area is 144 Å². The third kappa shape index (κ3) is 8.13. The molecule has 25 heavy (non-hydrogen) atoms. The van der Waals surface area contributed by atoms with Crippen LogP contribution < -0.4 is 16.0 Å². The number of nitrogens with one attached hydrogen (secondary N) is 3. The number of carbonyl (C=O) groups is 4. The van der Waals surface area contributed by atoms with Crippen LogP contribution in [0.1, 0.15) is 5.56 Å². The van der Waals surface area contributed by atoms with Crippen molar-refractivity contribution in [1.82, 2.24) is 16.0 Å². The molecule has 0 unspecified atom stereocenters. The number of rotatable bonds is 10. The van der Waals surface area contributed by atoms with E-state index in [9.17, 15) is 19.2 Å². The van der Waals surface area contributed by atoms with Crippen LogP contribution in [0.4, 0.5) is 0 Å². The Morgan fingerprint density at radius 1 is 1.16 bits per heavy atom. The van der Waals surface area contributed by atoms with Crippen molar-refractivity contribution in [2.24, 2.45) is 0 Å². The molecule has 0 aromatic heterocycles. The predicted molar refractivity (Wildman–Crippen MR) is 85.7 cm³/mol. The Balaban J connectivity index is 2.61. The number of nitrogens with zero attached hydrogens (tertiary/aromatic N) is 1. The van der Waals surface area contributed by atoms with E-state index in [1.54, 1.807) is 24.3 Å². The second-order valence-corrected chi connectivity index (χ2v) is 4.88. The minimum atomic E-state index is -0.901. The smallest absolute Gasteiger partial charge is 0.286 e. The number of ether oxygens (including phenoxy) is 1. The van der Waals surface area contributed by atoms with E-state index in [0.717, 1.165) is 5.56 Å². The number of carbonyl (C=O) groups excluding carboxylic acids is 4. The van der Waals surface area contributed by atoms with Crippen LogP contribution in [0.15, 0.2) is 30.3 Å². The average molecular weight is 346 g/mol. The summed E-state index contributed by atoms with van der Waals surface area (Å²) in [7, 11) is 0. The average Bonchev–Trinajstić information content (AvgIpc) is 2.63. The monoisotopic (exact) mass is 346 g/mol. The number of nitriles is 1. The predicted octanol–water partition coefficient (Wildman–Crippen LogP) is -1.36. The molecular weight excluding hydrogens is 328 g/mol. The van der Waals surface area contributed by atoms with Gasteiger partial charge in [-0.15, -0.1) is 0 Å². The first kappa shape index (κ1) is 19.6. The zero-order valence-electron chi connectivity index (χ0n) is 13.4. The van der Waals surface area contributed by atoms with Gasteiger partial charge in [0, 0.05) is 6.42 Å². The molecule has 3 N–H and O–H groups in total. The topological polar surface area (TPSA) is 137 Å². The standard InChI is InChI=1S/C16H18N4O5/c17-11-25-10-15(23)19-9-14(22)20-13(16(24)18-6-7-21)8-12-4-2-1-3-5-12/h1-5,7,13H,6,8-10H2,(H,18,24)(H,19,23)(H,20,22)/t13-/m0/s1. The SMILES string of the molecule is N#COCC(=O)NCC(=O)N[C@@H](Cc1ccccc1)C(=O)NCC=O. The molecule has 0 spiro atoms. The Morgan fingerprint density at radius 2 is 1.88 bits per heavy atom. The summed E-state index contributed by atoms with van der Waals surface area (Å²) in [4.78, 5) is 45.7. The van der Waals surface area contributed by atoms with Crippen molar-refractivity contribution in [3.05, 3.63) is 35.9 Å². The van der Waals surface area contributed by atoms with Gasteiger partial charge in [0.2, 0.25) is 11.8 Å². The first-order valence-electron chi connectivity index (χ1n) is 7.39. The van der Waals surface area contributed by atoms with Crippen LogP contribution in [-0.2, 0) is 30.3 Å². The van der Waals surface area contributed by atoms with Crippen molar-refractivity contribution in [3.8, 4) is 6.26 Å². The number of hydrogen-bond donors (Lipinski definition) is 3. The van der Waals surface area contributed by atoms with Crippen molar-refractivity contribution in [2.45, 2.75) is 12.5 Å². The van der Waals surface area contributed by atoms with Gasteiger partial charge in [-0.2, -0.15) is 5.26 Å². The lowest BCUT2D eigenvalue weighted by molar-refractivity contribution is -0.130. The molecular formula is C16H18N4O5. The number of amides is 3. The Morgan fingerprint density at radius 3 is 2.52 bits per heavy atom. The van der Waals surface area contributed by atoms with E-state index >= 15 is 0 Å². The maximum absolute atomic E-state index is 12.1. The molecule has 0 bridgehead atoms. The number of hydrogen-bond acceptors (Lipinski definition) is 6. The molecule has 0 fully saturated rings. The van der Waals surface area contributed by atoms with Gasteiger partial charge in [0.25, 0.3) is 12.2 Å². The second-order valence-electron chi connectivity index (χ2n) is 4.88. The van der Waals surface area contributed by atoms with Crippen LogP contribution in [0.2, 0.25) is 0 Å². The third-order valence-electron chi connectivity index (χ3n) is 3.01. The fraction of sp³-hybridized carbons (Fsp3) is 0.312. The molecule has 0 saturated heterocycles. The van der Waals surface area contributed by atoms with E-state index in [1.165, 1.54) is 6.26 Å². The summed E-state index contributed by atoms with van der Waals surface area (Å²) in [5.41, 5.74) is 0.820. The molecule has 9 nitrogen and oxygen atoms in total. The highest BCUT2D eigenvalue weighted by Crippen LogP contribution is 2.03. The Bertz CT molecular complexity index is 642. The number of aldehydes is 1. The summed E-state index contributed by atoms with van der Waals surface area (Å²) in [5.74, 6) is -1.74. The van der Waals surface area contributed by atoms with Crippen LogP contribution in [0.3, 0.4) is 0 Å². The molecule has 1 aromatic carbocycles. The summed E-state index contributed by atoms with van der Waals surface area (Å²) in [6, 6.07) is 8.12. The largest absolute Gasteiger partial charge is 0.417 e. The molecule has 0 aliphatic rings. The Hall–Kier alpha value is -3.41. The minimum absolute atomic E-state index is 0.164. The lowest BCUT2D eigenvalue weighted by Crippen LogP contribution is -2.51. The van der Waals surface area contributed by atoms with E-state index in [4.69, 9.17) is 5.26 Å². The summed E-state index contributed by atoms with van der Waals surface area (Å²) in [6.07, 6.45) is 2.10. The van der Waals surface area contributed by atoms with Crippen molar-refractivity contribution in [1.29, 1.82) is 5.26 Å². The summed E-state index contributed by atoms with van der Waals surface area (Å²) in [5, 5.41) is 15.3. The molecule has 0 radical (unpaired) electrons. The fourth-order valence-electron chi connectivity index (χ4n) is 1.90. The highest BCUT2D eigenvalue weighted by Gasteiger charge is 2.21. The van der Waals surface area contributed by atoms with E-state index in [1.807, 2.05) is 6.07 Å². The maximum Gasteiger partial charge on any atom is 0.286 e. The zero-order chi connectivity index (χ0) is 18.5. The zero-order valence-corrected chi connectivity index (χ0v) is 13.4. The van der Waals surface area contributed by atoms with Gasteiger partial charge in [0.15, 0.2) is 6.61 Å². The van der Waals surface area contributed by atoms with E-state index in [2.05, 4.69) is 20.7 Å². The summed E-state index contributed by atoms with van der Waals surface area (Å²) >= 11 is 0. The van der Waals surface area contributed by atoms with Gasteiger partial charge in [-0.1, -0.05) is 30.3 Å². The lowest BCUT2D eigenvalue weighted by Gasteiger charge is -2.18. The van der Waals surface area contributed by atoms with Crippen LogP contribution in [0, 0.1) is 11.5 Å². The Kier molecular flexibility index (Phi) is 8.78. The van der Waals surface area contributed by atoms with E-state index in [-0.39, 0.29) is 19.5 Å². The minimum Gasteiger partial charge on any atom is -0.417 e. The van der Waals surface area contributed by atoms with Gasteiger partial charge in [0.1, 0.15) is 12.3 Å². The van der Waals surface area contributed by atoms with Gasteiger partial charge in [-0.25, -0.2) is 0 Å². The highest BCUT2D eigenvalue weighted by molar-refractivity contribution is 5.91. The highest BCUT2D eigenvalue weighted by atomic mass is 16.5. The molecule has 3 amide bonds. The van der Waals surface area contributed by atoms with Crippen molar-refractivity contribution < 1.29 is 23.9 Å². The van der Waals surface area contributed by atoms with Gasteiger partial charge < -0.3 is 25.5 Å². The van der Waals surface area contributed by atoms with Crippen LogP contribution in [0.25, 0.3) is 0 Å². The molecule has 132 valence electrons. The van der Waals surface area contributed by atoms with Crippen molar-refractivity contribution in [2.75, 3.05) is 19.7 Å². The van der Waals surface area contributed by atoms with Crippen LogP contribution in [-0.4, -0.2) is 49.7 Å². The first-order chi connectivity index (χ1) is 12.1. The summed E-state index contributed by atoms with van der Waals surface area (Å²) < 4.78 is 4.23. The molecule has 1 atom stereocenters. The molecule has 0 saturated carbocycles. The lowest BCUT2D eigenvalue weighted by atomic mass is 10.1. The van der Waals surface area contributed by atoms with E-state index < -0.39 is 30.4 Å². The maximum atomic E-state index is 12.1. The van der Waals surface area contributed by atoms with Gasteiger partial charge >= 0.3 is 0 Å². The number of benzene rings is 1. The van der Waals surface area contributed by atoms with Gasteiger partial charge in [0.05, 0.1) is 13.1 Å². The first-order valence-corrected chi connectivity index (χ1v) is 7.39. The molecule has 1 rings (SSSR count). The molecule has 0 aliphatic carbocycles. The molecule has 9 heteroatoms. The second kappa shape index (κ2) is 11.2. The van der Waals surface area contributed by atoms with Gasteiger partial charge in [-0.3, -0.25) is 14.4 Å². The van der Waals surface area contributed by atoms with Gasteiger partial charge in [-0.05, 0) is 5.56 Å². The molecule has 1 aromatic rings. The normalized spacial score (nSPS) is 10.7. The van der Waals surface area contributed by atoms with Crippen LogP contribution >= 0.6 is 0 Å². The quantitative estimate of drug-likeness (QED) is 0.353. The summed E-state index contributed by atoms with van der Waals surface area (Å²) in [6.45, 7) is -1.03. The van der Waals surface area contributed by atoms with Crippen molar-refractivity contribution >= 4 is 24.0 Å². The fourth-order valence-corrected chi connectivity index (χ4v) is 1.90. The molecule has 0 heterocycles. The van der Waals surface area contributed by atoms with Crippen LogP contribution in [0.5, 0.6) is 0 Å². The van der Waals surface area contributed by atoms with E-state index in [0.29, 0.717) is 6.29 Å². The third-order valence-corrected chi connectivity index (χ3v) is 3.01. The van der Waals surface area contributed by atoms with Crippen molar-refractivity contribution in [3.63, 3.8) is 0 Å².